The SMILES string of the molecule is O=C1OC(c2ccccc2)=C/C1=C\c1cccc2ccccc12. The Hall–Kier alpha value is -3.13. The van der Waals surface area contributed by atoms with Crippen LogP contribution in [0.1, 0.15) is 11.1 Å². The van der Waals surface area contributed by atoms with E-state index in [1.54, 1.807) is 6.08 Å². The molecule has 4 rings (SSSR count). The molecule has 0 radical (unpaired) electrons. The topological polar surface area (TPSA) is 26.3 Å². The minimum Gasteiger partial charge on any atom is -0.422 e. The molecule has 1 aliphatic heterocycles. The summed E-state index contributed by atoms with van der Waals surface area (Å²) in [4.78, 5) is 12.2. The lowest BCUT2D eigenvalue weighted by atomic mass is 10.0. The number of cyclic esters (lactones) is 1. The van der Waals surface area contributed by atoms with Crippen LogP contribution in [0.4, 0.5) is 0 Å². The number of esters is 1. The van der Waals surface area contributed by atoms with Gasteiger partial charge in [-0.1, -0.05) is 72.8 Å². The normalized spacial score (nSPS) is 15.7. The zero-order valence-corrected chi connectivity index (χ0v) is 12.4. The monoisotopic (exact) mass is 298 g/mol. The third-order valence-corrected chi connectivity index (χ3v) is 3.92. The van der Waals surface area contributed by atoms with Crippen molar-refractivity contribution in [1.29, 1.82) is 0 Å². The van der Waals surface area contributed by atoms with Crippen LogP contribution in [-0.2, 0) is 9.53 Å². The molecule has 3 aromatic rings. The number of hydrogen-bond donors (Lipinski definition) is 0. The Morgan fingerprint density at radius 3 is 2.39 bits per heavy atom. The van der Waals surface area contributed by atoms with Gasteiger partial charge in [0.15, 0.2) is 0 Å². The van der Waals surface area contributed by atoms with Crippen molar-refractivity contribution in [3.05, 3.63) is 95.6 Å². The van der Waals surface area contributed by atoms with Crippen LogP contribution in [0.3, 0.4) is 0 Å². The molecule has 0 saturated carbocycles. The van der Waals surface area contributed by atoms with Crippen LogP contribution >= 0.6 is 0 Å². The van der Waals surface area contributed by atoms with Crippen LogP contribution in [0.25, 0.3) is 22.6 Å². The van der Waals surface area contributed by atoms with E-state index in [0.29, 0.717) is 11.3 Å². The Balaban J connectivity index is 1.79. The molecule has 0 spiro atoms. The molecule has 0 bridgehead atoms. The summed E-state index contributed by atoms with van der Waals surface area (Å²) in [7, 11) is 0. The zero-order chi connectivity index (χ0) is 15.6. The molecule has 1 heterocycles. The van der Waals surface area contributed by atoms with Crippen molar-refractivity contribution < 1.29 is 9.53 Å². The van der Waals surface area contributed by atoms with Crippen molar-refractivity contribution in [2.45, 2.75) is 0 Å². The van der Waals surface area contributed by atoms with E-state index in [2.05, 4.69) is 18.2 Å². The van der Waals surface area contributed by atoms with Gasteiger partial charge in [0.2, 0.25) is 0 Å². The number of hydrogen-bond acceptors (Lipinski definition) is 2. The van der Waals surface area contributed by atoms with E-state index in [9.17, 15) is 4.79 Å². The molecule has 2 nitrogen and oxygen atoms in total. The summed E-state index contributed by atoms with van der Waals surface area (Å²) in [6.45, 7) is 0. The number of fused-ring (bicyclic) bond motifs is 1. The minimum atomic E-state index is -0.309. The second kappa shape index (κ2) is 5.58. The molecule has 1 aliphatic rings. The zero-order valence-electron chi connectivity index (χ0n) is 12.4. The number of carbonyl (C=O) groups excluding carboxylic acids is 1. The summed E-state index contributed by atoms with van der Waals surface area (Å²) in [5.74, 6) is 0.291. The molecule has 0 fully saturated rings. The fourth-order valence-corrected chi connectivity index (χ4v) is 2.78. The van der Waals surface area contributed by atoms with Gasteiger partial charge in [-0.15, -0.1) is 0 Å². The molecule has 0 atom stereocenters. The van der Waals surface area contributed by atoms with Crippen LogP contribution in [0.2, 0.25) is 0 Å². The molecule has 3 aromatic carbocycles. The number of carbonyl (C=O) groups is 1. The predicted molar refractivity (Wildman–Crippen MR) is 92.4 cm³/mol. The van der Waals surface area contributed by atoms with E-state index < -0.39 is 0 Å². The molecule has 0 aromatic heterocycles. The molecule has 110 valence electrons. The summed E-state index contributed by atoms with van der Waals surface area (Å²) < 4.78 is 5.40. The quantitative estimate of drug-likeness (QED) is 0.501. The highest BCUT2D eigenvalue weighted by molar-refractivity contribution is 6.06. The van der Waals surface area contributed by atoms with Crippen molar-refractivity contribution in [3.63, 3.8) is 0 Å². The van der Waals surface area contributed by atoms with Crippen molar-refractivity contribution >= 4 is 28.6 Å². The maximum atomic E-state index is 12.2. The van der Waals surface area contributed by atoms with Gasteiger partial charge in [0.1, 0.15) is 5.76 Å². The maximum absolute atomic E-state index is 12.2. The minimum absolute atomic E-state index is 0.309. The fourth-order valence-electron chi connectivity index (χ4n) is 2.78. The first-order chi connectivity index (χ1) is 11.3. The fraction of sp³-hybridized carbons (Fsp3) is 0. The highest BCUT2D eigenvalue weighted by atomic mass is 16.5. The largest absolute Gasteiger partial charge is 0.422 e. The van der Waals surface area contributed by atoms with Gasteiger partial charge in [0.05, 0.1) is 5.57 Å². The van der Waals surface area contributed by atoms with Crippen molar-refractivity contribution in [1.82, 2.24) is 0 Å². The van der Waals surface area contributed by atoms with Crippen molar-refractivity contribution in [2.75, 3.05) is 0 Å². The van der Waals surface area contributed by atoms with Crippen LogP contribution in [-0.4, -0.2) is 5.97 Å². The molecular formula is C21H14O2. The Labute approximate surface area is 134 Å². The third kappa shape index (κ3) is 2.55. The first-order valence-corrected chi connectivity index (χ1v) is 7.50. The third-order valence-electron chi connectivity index (χ3n) is 3.92. The van der Waals surface area contributed by atoms with Gasteiger partial charge in [-0.25, -0.2) is 4.79 Å². The Morgan fingerprint density at radius 2 is 1.52 bits per heavy atom. The van der Waals surface area contributed by atoms with Gasteiger partial charge in [-0.3, -0.25) is 0 Å². The van der Waals surface area contributed by atoms with Gasteiger partial charge < -0.3 is 4.74 Å². The molecule has 23 heavy (non-hydrogen) atoms. The van der Waals surface area contributed by atoms with Gasteiger partial charge in [-0.2, -0.15) is 0 Å². The first-order valence-electron chi connectivity index (χ1n) is 7.50. The molecule has 0 unspecified atom stereocenters. The van der Waals surface area contributed by atoms with Crippen LogP contribution in [0.15, 0.2) is 84.4 Å². The molecular weight excluding hydrogens is 284 g/mol. The van der Waals surface area contributed by atoms with E-state index in [-0.39, 0.29) is 5.97 Å². The second-order valence-corrected chi connectivity index (χ2v) is 5.43. The molecule has 2 heteroatoms. The summed E-state index contributed by atoms with van der Waals surface area (Å²) in [5, 5.41) is 2.28. The van der Waals surface area contributed by atoms with Gasteiger partial charge >= 0.3 is 5.97 Å². The van der Waals surface area contributed by atoms with E-state index in [1.807, 2.05) is 60.7 Å². The standard InChI is InChI=1S/C21H14O2/c22-21-18(14-20(23-21)16-8-2-1-3-9-16)13-17-11-6-10-15-7-4-5-12-19(15)17/h1-14H/b18-13+. The highest BCUT2D eigenvalue weighted by Gasteiger charge is 2.21. The lowest BCUT2D eigenvalue weighted by Crippen LogP contribution is -1.97. The average Bonchev–Trinajstić information content (AvgIpc) is 2.97. The van der Waals surface area contributed by atoms with Gasteiger partial charge in [0, 0.05) is 5.56 Å². The summed E-state index contributed by atoms with van der Waals surface area (Å²) in [6, 6.07) is 23.9. The molecule has 0 amide bonds. The lowest BCUT2D eigenvalue weighted by molar-refractivity contribution is -0.130. The Bertz CT molecular complexity index is 945. The molecule has 0 saturated heterocycles. The lowest BCUT2D eigenvalue weighted by Gasteiger charge is -2.02. The van der Waals surface area contributed by atoms with Gasteiger partial charge in [0.25, 0.3) is 0 Å². The van der Waals surface area contributed by atoms with Gasteiger partial charge in [-0.05, 0) is 28.5 Å². The summed E-state index contributed by atoms with van der Waals surface area (Å²) in [6.07, 6.45) is 3.69. The Kier molecular flexibility index (Phi) is 3.28. The Morgan fingerprint density at radius 1 is 0.783 bits per heavy atom. The first kappa shape index (κ1) is 13.5. The number of rotatable bonds is 2. The van der Waals surface area contributed by atoms with E-state index in [1.165, 1.54) is 0 Å². The predicted octanol–water partition coefficient (Wildman–Crippen LogP) is 4.82. The average molecular weight is 298 g/mol. The summed E-state index contributed by atoms with van der Waals surface area (Å²) in [5.41, 5.74) is 2.49. The van der Waals surface area contributed by atoms with E-state index in [0.717, 1.165) is 21.9 Å². The van der Waals surface area contributed by atoms with Crippen LogP contribution in [0.5, 0.6) is 0 Å². The molecule has 0 N–H and O–H groups in total. The smallest absolute Gasteiger partial charge is 0.343 e. The van der Waals surface area contributed by atoms with Crippen molar-refractivity contribution in [2.24, 2.45) is 0 Å². The van der Waals surface area contributed by atoms with Crippen molar-refractivity contribution in [3.8, 4) is 0 Å². The van der Waals surface area contributed by atoms with Crippen LogP contribution in [0, 0.1) is 0 Å². The highest BCUT2D eigenvalue weighted by Crippen LogP contribution is 2.28. The molecule has 0 aliphatic carbocycles. The summed E-state index contributed by atoms with van der Waals surface area (Å²) >= 11 is 0. The number of benzene rings is 3. The van der Waals surface area contributed by atoms with E-state index >= 15 is 0 Å². The maximum Gasteiger partial charge on any atom is 0.343 e. The van der Waals surface area contributed by atoms with Crippen LogP contribution < -0.4 is 0 Å². The van der Waals surface area contributed by atoms with E-state index in [4.69, 9.17) is 4.74 Å². The second-order valence-electron chi connectivity index (χ2n) is 5.43. The number of ether oxygens (including phenoxy) is 1.